The summed E-state index contributed by atoms with van der Waals surface area (Å²) in [5.41, 5.74) is 8.31. The number of nitrogens with zero attached hydrogens (tertiary/aromatic N) is 1. The van der Waals surface area contributed by atoms with Crippen LogP contribution in [0.3, 0.4) is 0 Å². The molecule has 4 heteroatoms. The van der Waals surface area contributed by atoms with Gasteiger partial charge < -0.3 is 10.6 Å². The molecule has 0 fully saturated rings. The lowest BCUT2D eigenvalue weighted by atomic mass is 10.1. The predicted octanol–water partition coefficient (Wildman–Crippen LogP) is 3.63. The van der Waals surface area contributed by atoms with E-state index in [0.29, 0.717) is 24.2 Å². The van der Waals surface area contributed by atoms with E-state index < -0.39 is 5.91 Å². The fourth-order valence-corrected chi connectivity index (χ4v) is 2.77. The van der Waals surface area contributed by atoms with E-state index in [-0.39, 0.29) is 5.91 Å². The number of benzene rings is 3. The summed E-state index contributed by atoms with van der Waals surface area (Å²) in [6.45, 7) is 1.01. The van der Waals surface area contributed by atoms with Crippen molar-refractivity contribution in [1.82, 2.24) is 4.90 Å². The van der Waals surface area contributed by atoms with E-state index in [4.69, 9.17) is 5.73 Å². The molecular weight excluding hydrogens is 324 g/mol. The quantitative estimate of drug-likeness (QED) is 0.742. The molecule has 0 unspecified atom stereocenters. The van der Waals surface area contributed by atoms with Gasteiger partial charge in [-0.2, -0.15) is 0 Å². The number of primary amides is 1. The average Bonchev–Trinajstić information content (AvgIpc) is 2.68. The van der Waals surface area contributed by atoms with Crippen LogP contribution in [0.5, 0.6) is 0 Å². The van der Waals surface area contributed by atoms with Gasteiger partial charge in [-0.3, -0.25) is 9.59 Å². The third-order valence-electron chi connectivity index (χ3n) is 4.14. The zero-order valence-corrected chi connectivity index (χ0v) is 14.3. The van der Waals surface area contributed by atoms with Crippen molar-refractivity contribution >= 4 is 11.8 Å². The first kappa shape index (κ1) is 17.4. The van der Waals surface area contributed by atoms with Gasteiger partial charge in [0.2, 0.25) is 5.91 Å². The highest BCUT2D eigenvalue weighted by molar-refractivity contribution is 5.97. The summed E-state index contributed by atoms with van der Waals surface area (Å²) >= 11 is 0. The van der Waals surface area contributed by atoms with Gasteiger partial charge in [0.05, 0.1) is 0 Å². The van der Waals surface area contributed by atoms with Gasteiger partial charge in [0.1, 0.15) is 0 Å². The molecular formula is C22H20N2O2. The number of nitrogens with two attached hydrogens (primary N) is 1. The number of carbonyl (C=O) groups is 2. The van der Waals surface area contributed by atoms with Crippen LogP contribution in [0.4, 0.5) is 0 Å². The van der Waals surface area contributed by atoms with Crippen LogP contribution in [-0.2, 0) is 13.1 Å². The van der Waals surface area contributed by atoms with Crippen LogP contribution in [-0.4, -0.2) is 16.7 Å². The summed E-state index contributed by atoms with van der Waals surface area (Å²) in [5.74, 6) is -0.594. The molecule has 0 atom stereocenters. The first-order valence-electron chi connectivity index (χ1n) is 8.40. The second-order valence-corrected chi connectivity index (χ2v) is 6.07. The summed E-state index contributed by atoms with van der Waals surface area (Å²) in [6, 6.07) is 26.2. The maximum absolute atomic E-state index is 13.0. The van der Waals surface area contributed by atoms with Crippen LogP contribution in [0.2, 0.25) is 0 Å². The van der Waals surface area contributed by atoms with Crippen LogP contribution in [0.25, 0.3) is 0 Å². The molecule has 26 heavy (non-hydrogen) atoms. The topological polar surface area (TPSA) is 63.4 Å². The van der Waals surface area contributed by atoms with E-state index in [1.54, 1.807) is 29.2 Å². The van der Waals surface area contributed by atoms with Crippen molar-refractivity contribution in [3.8, 4) is 0 Å². The van der Waals surface area contributed by atoms with Gasteiger partial charge in [-0.1, -0.05) is 60.7 Å². The van der Waals surface area contributed by atoms with E-state index in [0.717, 1.165) is 11.1 Å². The fraction of sp³-hybridized carbons (Fsp3) is 0.0909. The number of amides is 2. The van der Waals surface area contributed by atoms with Crippen LogP contribution in [0.1, 0.15) is 31.8 Å². The normalized spacial score (nSPS) is 10.3. The number of hydrogen-bond acceptors (Lipinski definition) is 2. The van der Waals surface area contributed by atoms with Crippen LogP contribution in [0, 0.1) is 0 Å². The molecule has 0 spiro atoms. The van der Waals surface area contributed by atoms with E-state index in [9.17, 15) is 9.59 Å². The molecule has 0 radical (unpaired) electrons. The lowest BCUT2D eigenvalue weighted by Gasteiger charge is -2.23. The Labute approximate surface area is 152 Å². The molecule has 0 bridgehead atoms. The molecule has 3 aromatic rings. The molecule has 0 aliphatic carbocycles. The lowest BCUT2D eigenvalue weighted by Crippen LogP contribution is -2.30. The third-order valence-corrected chi connectivity index (χ3v) is 4.14. The van der Waals surface area contributed by atoms with E-state index in [1.807, 2.05) is 60.7 Å². The molecule has 0 saturated heterocycles. The Kier molecular flexibility index (Phi) is 5.44. The molecule has 3 rings (SSSR count). The van der Waals surface area contributed by atoms with Crippen molar-refractivity contribution in [2.45, 2.75) is 13.1 Å². The minimum Gasteiger partial charge on any atom is -0.366 e. The van der Waals surface area contributed by atoms with Crippen LogP contribution in [0.15, 0.2) is 84.9 Å². The van der Waals surface area contributed by atoms with E-state index >= 15 is 0 Å². The van der Waals surface area contributed by atoms with Crippen molar-refractivity contribution in [2.24, 2.45) is 5.73 Å². The average molecular weight is 344 g/mol. The molecule has 2 amide bonds. The van der Waals surface area contributed by atoms with Crippen molar-refractivity contribution in [1.29, 1.82) is 0 Å². The highest BCUT2D eigenvalue weighted by atomic mass is 16.2. The Morgan fingerprint density at radius 2 is 1.08 bits per heavy atom. The van der Waals surface area contributed by atoms with E-state index in [1.165, 1.54) is 0 Å². The summed E-state index contributed by atoms with van der Waals surface area (Å²) in [6.07, 6.45) is 0. The van der Waals surface area contributed by atoms with Crippen molar-refractivity contribution in [3.63, 3.8) is 0 Å². The fourth-order valence-electron chi connectivity index (χ4n) is 2.77. The Balaban J connectivity index is 1.85. The summed E-state index contributed by atoms with van der Waals surface area (Å²) in [4.78, 5) is 26.1. The summed E-state index contributed by atoms with van der Waals surface area (Å²) in [7, 11) is 0. The lowest BCUT2D eigenvalue weighted by molar-refractivity contribution is 0.0729. The highest BCUT2D eigenvalue weighted by Crippen LogP contribution is 2.15. The van der Waals surface area contributed by atoms with Gasteiger partial charge in [-0.05, 0) is 35.4 Å². The Hall–Kier alpha value is -3.40. The number of carbonyl (C=O) groups excluding carboxylic acids is 2. The van der Waals surface area contributed by atoms with Gasteiger partial charge >= 0.3 is 0 Å². The van der Waals surface area contributed by atoms with Gasteiger partial charge in [0, 0.05) is 24.2 Å². The van der Waals surface area contributed by atoms with Gasteiger partial charge in [-0.15, -0.1) is 0 Å². The molecule has 0 heterocycles. The highest BCUT2D eigenvalue weighted by Gasteiger charge is 2.17. The molecule has 130 valence electrons. The largest absolute Gasteiger partial charge is 0.366 e. The van der Waals surface area contributed by atoms with Crippen molar-refractivity contribution in [2.75, 3.05) is 0 Å². The molecule has 0 saturated carbocycles. The number of rotatable bonds is 6. The smallest absolute Gasteiger partial charge is 0.254 e. The SMILES string of the molecule is NC(=O)c1ccc(C(=O)N(Cc2ccccc2)Cc2ccccc2)cc1. The maximum atomic E-state index is 13.0. The standard InChI is InChI=1S/C22H20N2O2/c23-21(25)19-11-13-20(14-12-19)22(26)24(15-17-7-3-1-4-8-17)16-18-9-5-2-6-10-18/h1-14H,15-16H2,(H2,23,25). The Morgan fingerprint density at radius 1 is 0.654 bits per heavy atom. The van der Waals surface area contributed by atoms with Gasteiger partial charge in [-0.25, -0.2) is 0 Å². The molecule has 3 aromatic carbocycles. The predicted molar refractivity (Wildman–Crippen MR) is 101 cm³/mol. The summed E-state index contributed by atoms with van der Waals surface area (Å²) in [5, 5.41) is 0. The Morgan fingerprint density at radius 3 is 1.50 bits per heavy atom. The molecule has 0 aliphatic rings. The zero-order chi connectivity index (χ0) is 18.4. The second-order valence-electron chi connectivity index (χ2n) is 6.07. The second kappa shape index (κ2) is 8.12. The van der Waals surface area contributed by atoms with Crippen molar-refractivity contribution < 1.29 is 9.59 Å². The van der Waals surface area contributed by atoms with Gasteiger partial charge in [0.15, 0.2) is 0 Å². The van der Waals surface area contributed by atoms with Crippen LogP contribution < -0.4 is 5.73 Å². The van der Waals surface area contributed by atoms with Gasteiger partial charge in [0.25, 0.3) is 5.91 Å². The zero-order valence-electron chi connectivity index (χ0n) is 14.3. The number of hydrogen-bond donors (Lipinski definition) is 1. The molecule has 2 N–H and O–H groups in total. The van der Waals surface area contributed by atoms with E-state index in [2.05, 4.69) is 0 Å². The molecule has 0 aliphatic heterocycles. The molecule has 0 aromatic heterocycles. The van der Waals surface area contributed by atoms with Crippen molar-refractivity contribution in [3.05, 3.63) is 107 Å². The first-order valence-corrected chi connectivity index (χ1v) is 8.40. The third kappa shape index (κ3) is 4.36. The maximum Gasteiger partial charge on any atom is 0.254 e. The Bertz CT molecular complexity index is 834. The minimum absolute atomic E-state index is 0.0891. The minimum atomic E-state index is -0.505. The summed E-state index contributed by atoms with van der Waals surface area (Å²) < 4.78 is 0. The van der Waals surface area contributed by atoms with Crippen LogP contribution >= 0.6 is 0 Å². The molecule has 4 nitrogen and oxygen atoms in total. The monoisotopic (exact) mass is 344 g/mol. The first-order chi connectivity index (χ1) is 12.6.